The van der Waals surface area contributed by atoms with Gasteiger partial charge in [-0.25, -0.2) is 4.79 Å². The lowest BCUT2D eigenvalue weighted by atomic mass is 10.0. The Morgan fingerprint density at radius 3 is 2.10 bits per heavy atom. The minimum atomic E-state index is -4.35. The molecule has 0 saturated heterocycles. The van der Waals surface area contributed by atoms with Gasteiger partial charge in [0.2, 0.25) is 5.91 Å². The molecule has 1 aromatic rings. The number of ether oxygens (including phenoxy) is 2. The molecule has 0 heterocycles. The molecule has 0 saturated carbocycles. The van der Waals surface area contributed by atoms with E-state index in [2.05, 4.69) is 15.4 Å². The van der Waals surface area contributed by atoms with Crippen molar-refractivity contribution in [2.24, 2.45) is 5.92 Å². The van der Waals surface area contributed by atoms with Gasteiger partial charge in [-0.1, -0.05) is 31.2 Å². The first-order valence-electron chi connectivity index (χ1n) is 9.26. The zero-order valence-corrected chi connectivity index (χ0v) is 17.4. The lowest BCUT2D eigenvalue weighted by molar-refractivity contribution is -0.176. The van der Waals surface area contributed by atoms with Gasteiger partial charge in [0.1, 0.15) is 12.2 Å². The number of hydrogen-bond acceptors (Lipinski definition) is 4. The van der Waals surface area contributed by atoms with Crippen LogP contribution in [0.3, 0.4) is 0 Å². The van der Waals surface area contributed by atoms with Crippen LogP contribution >= 0.6 is 0 Å². The maximum Gasteiger partial charge on any atom is 0.411 e. The van der Waals surface area contributed by atoms with Crippen molar-refractivity contribution in [2.45, 2.75) is 65.6 Å². The van der Waals surface area contributed by atoms with Gasteiger partial charge in [-0.05, 0) is 38.8 Å². The van der Waals surface area contributed by atoms with E-state index in [1.54, 1.807) is 58.9 Å². The summed E-state index contributed by atoms with van der Waals surface area (Å²) in [5.74, 6) is -0.733. The quantitative estimate of drug-likeness (QED) is 0.671. The number of alkyl halides is 3. The number of amides is 2. The van der Waals surface area contributed by atoms with E-state index in [0.29, 0.717) is 5.56 Å². The molecule has 0 bridgehead atoms. The third-order valence-electron chi connectivity index (χ3n) is 3.93. The zero-order valence-electron chi connectivity index (χ0n) is 17.4. The van der Waals surface area contributed by atoms with E-state index in [1.807, 2.05) is 0 Å². The Morgan fingerprint density at radius 2 is 1.59 bits per heavy atom. The Morgan fingerprint density at radius 1 is 1.03 bits per heavy atom. The van der Waals surface area contributed by atoms with Crippen LogP contribution in [0.5, 0.6) is 0 Å². The first kappa shape index (κ1) is 24.7. The predicted molar refractivity (Wildman–Crippen MR) is 102 cm³/mol. The molecule has 2 N–H and O–H groups in total. The number of halogens is 3. The summed E-state index contributed by atoms with van der Waals surface area (Å²) in [5.41, 5.74) is 0.768. The van der Waals surface area contributed by atoms with E-state index in [9.17, 15) is 22.8 Å². The lowest BCUT2D eigenvalue weighted by Gasteiger charge is -2.24. The first-order chi connectivity index (χ1) is 13.3. The van der Waals surface area contributed by atoms with Crippen molar-refractivity contribution in [3.63, 3.8) is 0 Å². The summed E-state index contributed by atoms with van der Waals surface area (Å²) < 4.78 is 46.0. The largest absolute Gasteiger partial charge is 0.444 e. The number of hydrogen-bond donors (Lipinski definition) is 2. The average Bonchev–Trinajstić information content (AvgIpc) is 2.57. The van der Waals surface area contributed by atoms with E-state index >= 15 is 0 Å². The molecule has 29 heavy (non-hydrogen) atoms. The number of carbonyl (C=O) groups excluding carboxylic acids is 2. The van der Waals surface area contributed by atoms with Crippen molar-refractivity contribution >= 4 is 12.0 Å². The summed E-state index contributed by atoms with van der Waals surface area (Å²) in [6.07, 6.45) is -4.94. The van der Waals surface area contributed by atoms with Gasteiger partial charge in [-0.15, -0.1) is 0 Å². The number of carbonyl (C=O) groups is 2. The molecule has 9 heteroatoms. The summed E-state index contributed by atoms with van der Waals surface area (Å²) in [5, 5.41) is 5.41. The van der Waals surface area contributed by atoms with E-state index in [-0.39, 0.29) is 19.1 Å². The molecule has 0 aliphatic carbocycles. The van der Waals surface area contributed by atoms with Crippen molar-refractivity contribution in [1.82, 2.24) is 10.6 Å². The summed E-state index contributed by atoms with van der Waals surface area (Å²) in [7, 11) is 0. The van der Waals surface area contributed by atoms with Crippen LogP contribution in [0.4, 0.5) is 18.0 Å². The maximum absolute atomic E-state index is 12.3. The monoisotopic (exact) mass is 418 g/mol. The second kappa shape index (κ2) is 10.5. The molecule has 2 amide bonds. The zero-order chi connectivity index (χ0) is 22.2. The minimum absolute atomic E-state index is 0.142. The van der Waals surface area contributed by atoms with E-state index in [4.69, 9.17) is 4.74 Å². The molecule has 0 aromatic heterocycles. The van der Waals surface area contributed by atoms with Gasteiger partial charge in [0.05, 0.1) is 12.5 Å². The molecular formula is C20H29F3N2O4. The Hall–Kier alpha value is -2.29. The molecular weight excluding hydrogens is 389 g/mol. The highest BCUT2D eigenvalue weighted by atomic mass is 19.4. The van der Waals surface area contributed by atoms with Crippen LogP contribution in [-0.2, 0) is 27.4 Å². The molecule has 1 rings (SSSR count). The summed E-state index contributed by atoms with van der Waals surface area (Å²) >= 11 is 0. The van der Waals surface area contributed by atoms with Crippen LogP contribution < -0.4 is 10.6 Å². The third kappa shape index (κ3) is 10.7. The molecule has 164 valence electrons. The normalized spacial score (nSPS) is 14.1. The first-order valence-corrected chi connectivity index (χ1v) is 9.26. The second-order valence-corrected chi connectivity index (χ2v) is 7.87. The van der Waals surface area contributed by atoms with Gasteiger partial charge in [-0.3, -0.25) is 4.79 Å². The number of nitrogens with one attached hydrogen (secondary N) is 2. The molecule has 0 aliphatic heterocycles. The second-order valence-electron chi connectivity index (χ2n) is 7.87. The Balaban J connectivity index is 2.43. The van der Waals surface area contributed by atoms with Crippen LogP contribution in [0.25, 0.3) is 0 Å². The van der Waals surface area contributed by atoms with Gasteiger partial charge in [-0.2, -0.15) is 13.2 Å². The van der Waals surface area contributed by atoms with Crippen molar-refractivity contribution in [1.29, 1.82) is 0 Å². The molecule has 0 fully saturated rings. The number of rotatable bonds is 8. The predicted octanol–water partition coefficient (Wildman–Crippen LogP) is 3.93. The highest BCUT2D eigenvalue weighted by Crippen LogP contribution is 2.16. The van der Waals surface area contributed by atoms with E-state index in [1.165, 1.54) is 0 Å². The van der Waals surface area contributed by atoms with Crippen LogP contribution in [0.2, 0.25) is 0 Å². The average molecular weight is 418 g/mol. The molecule has 6 nitrogen and oxygen atoms in total. The standard InChI is InChI=1S/C20H29F3N2O4/c1-13(14(2)25-18(27)29-19(3,4)5)17(26)24-10-15-6-8-16(9-7-15)11-28-12-20(21,22)23/h6-9,13-14H,10-12H2,1-5H3,(H,24,26)(H,25,27)/t13-,14-/m1/s1. The fourth-order valence-electron chi connectivity index (χ4n) is 2.23. The smallest absolute Gasteiger partial charge is 0.411 e. The molecule has 0 spiro atoms. The van der Waals surface area contributed by atoms with Crippen LogP contribution in [-0.4, -0.2) is 36.4 Å². The molecule has 0 aliphatic rings. The Labute approximate surface area is 169 Å². The Kier molecular flexibility index (Phi) is 8.94. The summed E-state index contributed by atoms with van der Waals surface area (Å²) in [6, 6.07) is 6.28. The Bertz CT molecular complexity index is 670. The molecule has 0 unspecified atom stereocenters. The lowest BCUT2D eigenvalue weighted by Crippen LogP contribution is -2.45. The van der Waals surface area contributed by atoms with E-state index in [0.717, 1.165) is 5.56 Å². The highest BCUT2D eigenvalue weighted by molar-refractivity contribution is 5.80. The highest BCUT2D eigenvalue weighted by Gasteiger charge is 2.27. The fraction of sp³-hybridized carbons (Fsp3) is 0.600. The van der Waals surface area contributed by atoms with Crippen molar-refractivity contribution in [3.05, 3.63) is 35.4 Å². The van der Waals surface area contributed by atoms with Crippen molar-refractivity contribution in [3.8, 4) is 0 Å². The minimum Gasteiger partial charge on any atom is -0.444 e. The molecule has 1 aromatic carbocycles. The third-order valence-corrected chi connectivity index (χ3v) is 3.93. The SMILES string of the molecule is C[C@@H](NC(=O)OC(C)(C)C)[C@@H](C)C(=O)NCc1ccc(COCC(F)(F)F)cc1. The van der Waals surface area contributed by atoms with Crippen molar-refractivity contribution in [2.75, 3.05) is 6.61 Å². The van der Waals surface area contributed by atoms with Crippen molar-refractivity contribution < 1.29 is 32.2 Å². The van der Waals surface area contributed by atoms with Gasteiger partial charge < -0.3 is 20.1 Å². The fourth-order valence-corrected chi connectivity index (χ4v) is 2.23. The van der Waals surface area contributed by atoms with Gasteiger partial charge in [0, 0.05) is 12.6 Å². The van der Waals surface area contributed by atoms with Gasteiger partial charge in [0.25, 0.3) is 0 Å². The maximum atomic E-state index is 12.3. The number of benzene rings is 1. The number of alkyl carbamates (subject to hydrolysis) is 1. The molecule has 0 radical (unpaired) electrons. The van der Waals surface area contributed by atoms with Gasteiger partial charge >= 0.3 is 12.3 Å². The van der Waals surface area contributed by atoms with Gasteiger partial charge in [0.15, 0.2) is 0 Å². The summed E-state index contributed by atoms with van der Waals surface area (Å²) in [4.78, 5) is 24.1. The van der Waals surface area contributed by atoms with Crippen LogP contribution in [0, 0.1) is 5.92 Å². The van der Waals surface area contributed by atoms with Crippen LogP contribution in [0.15, 0.2) is 24.3 Å². The topological polar surface area (TPSA) is 76.7 Å². The summed E-state index contributed by atoms with van der Waals surface area (Å²) in [6.45, 7) is 7.48. The van der Waals surface area contributed by atoms with E-state index < -0.39 is 36.4 Å². The van der Waals surface area contributed by atoms with Crippen LogP contribution in [0.1, 0.15) is 45.7 Å². The molecule has 2 atom stereocenters.